The largest absolute Gasteiger partial charge is 0.481 e. The van der Waals surface area contributed by atoms with Crippen molar-refractivity contribution in [2.75, 3.05) is 7.05 Å². The standard InChI is InChI=1S/C19H19N3O4/c1-22-17(23)10-9-15(21-22)19(26)20-16(11-18(24)25)14-8-4-6-12-5-2-3-7-13(12)14/h2-8,16H,9-11H2,1H3,(H,20,26)(H,24,25)/t16-/m1/s1. The average Bonchev–Trinajstić information content (AvgIpc) is 2.62. The number of carbonyl (C=O) groups is 3. The fourth-order valence-corrected chi connectivity index (χ4v) is 3.04. The normalized spacial score (nSPS) is 15.5. The third-order valence-corrected chi connectivity index (χ3v) is 4.35. The molecule has 0 fully saturated rings. The van der Waals surface area contributed by atoms with Gasteiger partial charge in [0.05, 0.1) is 12.5 Å². The smallest absolute Gasteiger partial charge is 0.305 e. The third-order valence-electron chi connectivity index (χ3n) is 4.35. The van der Waals surface area contributed by atoms with E-state index in [4.69, 9.17) is 0 Å². The van der Waals surface area contributed by atoms with E-state index in [1.54, 1.807) is 0 Å². The van der Waals surface area contributed by atoms with Crippen molar-refractivity contribution in [2.45, 2.75) is 25.3 Å². The van der Waals surface area contributed by atoms with Crippen molar-refractivity contribution in [3.63, 3.8) is 0 Å². The van der Waals surface area contributed by atoms with E-state index in [1.807, 2.05) is 42.5 Å². The van der Waals surface area contributed by atoms with Crippen LogP contribution in [-0.2, 0) is 14.4 Å². The van der Waals surface area contributed by atoms with Gasteiger partial charge in [0.15, 0.2) is 0 Å². The predicted octanol–water partition coefficient (Wildman–Crippen LogP) is 2.08. The minimum absolute atomic E-state index is 0.155. The highest BCUT2D eigenvalue weighted by Gasteiger charge is 2.26. The number of nitrogens with zero attached hydrogens (tertiary/aromatic N) is 2. The van der Waals surface area contributed by atoms with Crippen LogP contribution < -0.4 is 5.32 Å². The number of amides is 2. The summed E-state index contributed by atoms with van der Waals surface area (Å²) in [4.78, 5) is 35.4. The van der Waals surface area contributed by atoms with Crippen LogP contribution in [0, 0.1) is 0 Å². The lowest BCUT2D eigenvalue weighted by atomic mass is 9.96. The number of carbonyl (C=O) groups excluding carboxylic acids is 2. The van der Waals surface area contributed by atoms with Crippen LogP contribution in [0.5, 0.6) is 0 Å². The Labute approximate surface area is 150 Å². The topological polar surface area (TPSA) is 99.1 Å². The van der Waals surface area contributed by atoms with Gasteiger partial charge >= 0.3 is 5.97 Å². The number of nitrogens with one attached hydrogen (secondary N) is 1. The molecule has 1 aliphatic heterocycles. The Morgan fingerprint density at radius 2 is 1.92 bits per heavy atom. The quantitative estimate of drug-likeness (QED) is 0.860. The maximum absolute atomic E-state index is 12.6. The summed E-state index contributed by atoms with van der Waals surface area (Å²) in [6.45, 7) is 0. The number of hydrazone groups is 1. The van der Waals surface area contributed by atoms with E-state index in [0.717, 1.165) is 21.3 Å². The van der Waals surface area contributed by atoms with Gasteiger partial charge in [-0.3, -0.25) is 14.4 Å². The van der Waals surface area contributed by atoms with E-state index in [-0.39, 0.29) is 30.9 Å². The second-order valence-corrected chi connectivity index (χ2v) is 6.16. The maximum Gasteiger partial charge on any atom is 0.305 e. The lowest BCUT2D eigenvalue weighted by molar-refractivity contribution is -0.137. The molecule has 1 heterocycles. The Kier molecular flexibility index (Phi) is 4.97. The summed E-state index contributed by atoms with van der Waals surface area (Å²) < 4.78 is 0. The highest BCUT2D eigenvalue weighted by Crippen LogP contribution is 2.26. The number of carboxylic acids is 1. The van der Waals surface area contributed by atoms with Crippen molar-refractivity contribution in [3.05, 3.63) is 48.0 Å². The van der Waals surface area contributed by atoms with Gasteiger partial charge in [0, 0.05) is 19.9 Å². The van der Waals surface area contributed by atoms with Crippen molar-refractivity contribution >= 4 is 34.3 Å². The number of hydrogen-bond acceptors (Lipinski definition) is 4. The number of benzene rings is 2. The SMILES string of the molecule is CN1N=C(C(=O)N[C@H](CC(=O)O)c2cccc3ccccc23)CCC1=O. The van der Waals surface area contributed by atoms with E-state index in [0.29, 0.717) is 0 Å². The van der Waals surface area contributed by atoms with Crippen molar-refractivity contribution in [3.8, 4) is 0 Å². The summed E-state index contributed by atoms with van der Waals surface area (Å²) >= 11 is 0. The zero-order chi connectivity index (χ0) is 18.7. The van der Waals surface area contributed by atoms with Crippen LogP contribution >= 0.6 is 0 Å². The Morgan fingerprint density at radius 1 is 1.19 bits per heavy atom. The highest BCUT2D eigenvalue weighted by molar-refractivity contribution is 6.39. The molecular weight excluding hydrogens is 334 g/mol. The van der Waals surface area contributed by atoms with E-state index in [9.17, 15) is 19.5 Å². The number of hydrogen-bond donors (Lipinski definition) is 2. The summed E-state index contributed by atoms with van der Waals surface area (Å²) in [7, 11) is 1.49. The van der Waals surface area contributed by atoms with Gasteiger partial charge in [0.25, 0.3) is 5.91 Å². The van der Waals surface area contributed by atoms with Crippen LogP contribution in [0.25, 0.3) is 10.8 Å². The molecule has 1 aliphatic rings. The van der Waals surface area contributed by atoms with Gasteiger partial charge in [0.1, 0.15) is 5.71 Å². The van der Waals surface area contributed by atoms with Gasteiger partial charge in [-0.25, -0.2) is 5.01 Å². The second-order valence-electron chi connectivity index (χ2n) is 6.16. The molecule has 1 atom stereocenters. The summed E-state index contributed by atoms with van der Waals surface area (Å²) in [6.07, 6.45) is 0.201. The van der Waals surface area contributed by atoms with Crippen LogP contribution in [0.15, 0.2) is 47.6 Å². The van der Waals surface area contributed by atoms with Gasteiger partial charge in [-0.2, -0.15) is 5.10 Å². The fraction of sp³-hybridized carbons (Fsp3) is 0.263. The first-order valence-electron chi connectivity index (χ1n) is 8.30. The van der Waals surface area contributed by atoms with E-state index < -0.39 is 17.9 Å². The summed E-state index contributed by atoms with van der Waals surface area (Å²) in [5, 5.41) is 19.0. The molecule has 0 unspecified atom stereocenters. The molecule has 2 aromatic rings. The molecule has 2 N–H and O–H groups in total. The molecule has 7 heteroatoms. The molecule has 0 saturated heterocycles. The van der Waals surface area contributed by atoms with Crippen molar-refractivity contribution in [1.29, 1.82) is 0 Å². The van der Waals surface area contributed by atoms with Gasteiger partial charge < -0.3 is 10.4 Å². The molecule has 26 heavy (non-hydrogen) atoms. The minimum Gasteiger partial charge on any atom is -0.481 e. The molecule has 0 aliphatic carbocycles. The molecule has 0 bridgehead atoms. The second kappa shape index (κ2) is 7.35. The van der Waals surface area contributed by atoms with Gasteiger partial charge in [-0.05, 0) is 16.3 Å². The zero-order valence-corrected chi connectivity index (χ0v) is 14.3. The highest BCUT2D eigenvalue weighted by atomic mass is 16.4. The van der Waals surface area contributed by atoms with Crippen LogP contribution in [0.4, 0.5) is 0 Å². The van der Waals surface area contributed by atoms with E-state index in [2.05, 4.69) is 10.4 Å². The van der Waals surface area contributed by atoms with Gasteiger partial charge in [-0.1, -0.05) is 42.5 Å². The maximum atomic E-state index is 12.6. The Hall–Kier alpha value is -3.22. The number of aliphatic carboxylic acids is 1. The Morgan fingerprint density at radius 3 is 2.65 bits per heavy atom. The van der Waals surface area contributed by atoms with E-state index in [1.165, 1.54) is 7.05 Å². The van der Waals surface area contributed by atoms with Crippen LogP contribution in [0.2, 0.25) is 0 Å². The number of rotatable bonds is 5. The molecule has 134 valence electrons. The Bertz CT molecular complexity index is 901. The van der Waals surface area contributed by atoms with Gasteiger partial charge in [-0.15, -0.1) is 0 Å². The molecule has 2 amide bonds. The fourth-order valence-electron chi connectivity index (χ4n) is 3.04. The molecule has 3 rings (SSSR count). The molecule has 0 radical (unpaired) electrons. The summed E-state index contributed by atoms with van der Waals surface area (Å²) in [5.74, 6) is -1.62. The van der Waals surface area contributed by atoms with Crippen molar-refractivity contribution in [2.24, 2.45) is 5.10 Å². The average molecular weight is 353 g/mol. The van der Waals surface area contributed by atoms with Crippen LogP contribution in [0.1, 0.15) is 30.9 Å². The van der Waals surface area contributed by atoms with Crippen LogP contribution in [0.3, 0.4) is 0 Å². The molecule has 0 aromatic heterocycles. The van der Waals surface area contributed by atoms with E-state index >= 15 is 0 Å². The first-order valence-corrected chi connectivity index (χ1v) is 8.30. The molecule has 2 aromatic carbocycles. The lowest BCUT2D eigenvalue weighted by Crippen LogP contribution is -2.39. The molecule has 0 saturated carbocycles. The third kappa shape index (κ3) is 3.72. The number of carboxylic acid groups (broad SMARTS) is 1. The summed E-state index contributed by atoms with van der Waals surface area (Å²) in [5.41, 5.74) is 0.961. The van der Waals surface area contributed by atoms with Crippen molar-refractivity contribution in [1.82, 2.24) is 10.3 Å². The lowest BCUT2D eigenvalue weighted by Gasteiger charge is -2.22. The first kappa shape index (κ1) is 17.6. The number of fused-ring (bicyclic) bond motifs is 1. The van der Waals surface area contributed by atoms with Gasteiger partial charge in [0.2, 0.25) is 5.91 Å². The first-order chi connectivity index (χ1) is 12.5. The van der Waals surface area contributed by atoms with Crippen molar-refractivity contribution < 1.29 is 19.5 Å². The molecule has 0 spiro atoms. The Balaban J connectivity index is 1.91. The zero-order valence-electron chi connectivity index (χ0n) is 14.3. The van der Waals surface area contributed by atoms with Crippen LogP contribution in [-0.4, -0.2) is 40.7 Å². The monoisotopic (exact) mass is 353 g/mol. The molecule has 7 nitrogen and oxygen atoms in total. The minimum atomic E-state index is -1.01. The predicted molar refractivity (Wildman–Crippen MR) is 96.5 cm³/mol. The molecular formula is C19H19N3O4. The summed E-state index contributed by atoms with van der Waals surface area (Å²) in [6, 6.07) is 12.5.